The van der Waals surface area contributed by atoms with Gasteiger partial charge in [-0.3, -0.25) is 9.97 Å². The standard InChI is InChI=1S/C12H8BrN3/c13-9-6-16-12-8(10(9)14)4-3-7-2-1-5-15-11(7)12/h1-6H,(H2,14,16). The average Bonchev–Trinajstić information content (AvgIpc) is 2.33. The van der Waals surface area contributed by atoms with Crippen molar-refractivity contribution in [3.8, 4) is 0 Å². The first-order valence-corrected chi connectivity index (χ1v) is 5.64. The molecule has 0 aliphatic heterocycles. The van der Waals surface area contributed by atoms with E-state index in [1.807, 2.05) is 24.3 Å². The smallest absolute Gasteiger partial charge is 0.0986 e. The molecule has 78 valence electrons. The van der Waals surface area contributed by atoms with Gasteiger partial charge in [0.15, 0.2) is 0 Å². The van der Waals surface area contributed by atoms with Gasteiger partial charge in [-0.05, 0) is 28.1 Å². The minimum Gasteiger partial charge on any atom is -0.397 e. The van der Waals surface area contributed by atoms with Crippen molar-refractivity contribution in [2.24, 2.45) is 0 Å². The highest BCUT2D eigenvalue weighted by atomic mass is 79.9. The van der Waals surface area contributed by atoms with E-state index in [0.717, 1.165) is 26.3 Å². The second kappa shape index (κ2) is 3.42. The maximum Gasteiger partial charge on any atom is 0.0986 e. The molecule has 0 fully saturated rings. The molecule has 3 nitrogen and oxygen atoms in total. The summed E-state index contributed by atoms with van der Waals surface area (Å²) in [6, 6.07) is 7.92. The Balaban J connectivity index is 2.58. The Morgan fingerprint density at radius 1 is 1.06 bits per heavy atom. The van der Waals surface area contributed by atoms with E-state index in [1.54, 1.807) is 12.4 Å². The predicted octanol–water partition coefficient (Wildman–Crippen LogP) is 3.13. The molecule has 2 N–H and O–H groups in total. The second-order valence-corrected chi connectivity index (χ2v) is 4.41. The molecule has 1 aromatic carbocycles. The van der Waals surface area contributed by atoms with Crippen LogP contribution in [0.25, 0.3) is 21.8 Å². The molecule has 0 amide bonds. The van der Waals surface area contributed by atoms with E-state index in [1.165, 1.54) is 0 Å². The van der Waals surface area contributed by atoms with Crippen LogP contribution in [0.1, 0.15) is 0 Å². The van der Waals surface area contributed by atoms with Gasteiger partial charge in [0.05, 0.1) is 21.2 Å². The molecule has 0 saturated carbocycles. The van der Waals surface area contributed by atoms with Crippen LogP contribution in [0.15, 0.2) is 41.1 Å². The Morgan fingerprint density at radius 2 is 1.94 bits per heavy atom. The molecule has 0 atom stereocenters. The molecule has 2 aromatic heterocycles. The number of nitrogens with zero attached hydrogens (tertiary/aromatic N) is 2. The molecule has 0 unspecified atom stereocenters. The van der Waals surface area contributed by atoms with Crippen LogP contribution < -0.4 is 5.73 Å². The summed E-state index contributed by atoms with van der Waals surface area (Å²) >= 11 is 3.37. The van der Waals surface area contributed by atoms with Gasteiger partial charge in [-0.2, -0.15) is 0 Å². The van der Waals surface area contributed by atoms with Gasteiger partial charge < -0.3 is 5.73 Å². The molecule has 16 heavy (non-hydrogen) atoms. The molecule has 3 aromatic rings. The fourth-order valence-corrected chi connectivity index (χ4v) is 2.11. The zero-order valence-corrected chi connectivity index (χ0v) is 9.90. The zero-order chi connectivity index (χ0) is 11.1. The van der Waals surface area contributed by atoms with Gasteiger partial charge in [0.1, 0.15) is 0 Å². The van der Waals surface area contributed by atoms with Gasteiger partial charge in [-0.15, -0.1) is 0 Å². The van der Waals surface area contributed by atoms with Crippen molar-refractivity contribution < 1.29 is 0 Å². The summed E-state index contributed by atoms with van der Waals surface area (Å²) in [6.45, 7) is 0. The maximum atomic E-state index is 5.99. The zero-order valence-electron chi connectivity index (χ0n) is 8.31. The number of halogens is 1. The van der Waals surface area contributed by atoms with Crippen molar-refractivity contribution in [1.29, 1.82) is 0 Å². The molecule has 0 spiro atoms. The Labute approximate surface area is 100 Å². The van der Waals surface area contributed by atoms with Gasteiger partial charge >= 0.3 is 0 Å². The molecule has 0 radical (unpaired) electrons. The lowest BCUT2D eigenvalue weighted by molar-refractivity contribution is 1.36. The third kappa shape index (κ3) is 1.27. The first-order valence-electron chi connectivity index (χ1n) is 4.85. The first-order chi connectivity index (χ1) is 7.77. The molecule has 0 saturated heterocycles. The van der Waals surface area contributed by atoms with E-state index in [2.05, 4.69) is 25.9 Å². The number of anilines is 1. The van der Waals surface area contributed by atoms with Crippen LogP contribution in [0.5, 0.6) is 0 Å². The number of pyridine rings is 2. The molecule has 0 aliphatic rings. The average molecular weight is 274 g/mol. The molecule has 0 bridgehead atoms. The van der Waals surface area contributed by atoms with Crippen LogP contribution in [-0.4, -0.2) is 9.97 Å². The number of hydrogen-bond donors (Lipinski definition) is 1. The number of rotatable bonds is 0. The van der Waals surface area contributed by atoms with Crippen molar-refractivity contribution >= 4 is 43.4 Å². The molecular weight excluding hydrogens is 266 g/mol. The molecule has 0 aliphatic carbocycles. The van der Waals surface area contributed by atoms with Crippen molar-refractivity contribution in [3.05, 3.63) is 41.1 Å². The van der Waals surface area contributed by atoms with Crippen LogP contribution in [0.4, 0.5) is 5.69 Å². The number of benzene rings is 1. The third-order valence-corrected chi connectivity index (χ3v) is 3.23. The van der Waals surface area contributed by atoms with Crippen molar-refractivity contribution in [2.75, 3.05) is 5.73 Å². The monoisotopic (exact) mass is 273 g/mol. The van der Waals surface area contributed by atoms with Gasteiger partial charge in [-0.25, -0.2) is 0 Å². The van der Waals surface area contributed by atoms with Gasteiger partial charge in [0.2, 0.25) is 0 Å². The molecule has 3 rings (SSSR count). The van der Waals surface area contributed by atoms with E-state index in [-0.39, 0.29) is 0 Å². The van der Waals surface area contributed by atoms with Crippen molar-refractivity contribution in [1.82, 2.24) is 9.97 Å². The normalized spacial score (nSPS) is 11.1. The lowest BCUT2D eigenvalue weighted by atomic mass is 10.1. The Hall–Kier alpha value is -1.68. The summed E-state index contributed by atoms with van der Waals surface area (Å²) in [4.78, 5) is 8.73. The number of nitrogens with two attached hydrogens (primary N) is 1. The highest BCUT2D eigenvalue weighted by Crippen LogP contribution is 2.30. The third-order valence-electron chi connectivity index (χ3n) is 2.60. The van der Waals surface area contributed by atoms with Crippen LogP contribution in [0.2, 0.25) is 0 Å². The molecule has 2 heterocycles. The number of hydrogen-bond acceptors (Lipinski definition) is 3. The summed E-state index contributed by atoms with van der Waals surface area (Å²) in [7, 11) is 0. The lowest BCUT2D eigenvalue weighted by Crippen LogP contribution is -1.92. The SMILES string of the molecule is Nc1c(Br)cnc2c1ccc1cccnc12. The van der Waals surface area contributed by atoms with Crippen molar-refractivity contribution in [3.63, 3.8) is 0 Å². The van der Waals surface area contributed by atoms with Gasteiger partial charge in [0.25, 0.3) is 0 Å². The van der Waals surface area contributed by atoms with E-state index in [0.29, 0.717) is 5.69 Å². The number of nitrogen functional groups attached to an aromatic ring is 1. The highest BCUT2D eigenvalue weighted by Gasteiger charge is 2.07. The van der Waals surface area contributed by atoms with Gasteiger partial charge in [-0.1, -0.05) is 12.1 Å². The Kier molecular flexibility index (Phi) is 2.04. The van der Waals surface area contributed by atoms with Crippen LogP contribution in [0.3, 0.4) is 0 Å². The predicted molar refractivity (Wildman–Crippen MR) is 69.2 cm³/mol. The summed E-state index contributed by atoms with van der Waals surface area (Å²) in [5.41, 5.74) is 8.43. The van der Waals surface area contributed by atoms with E-state index >= 15 is 0 Å². The Bertz CT molecular complexity index is 694. The van der Waals surface area contributed by atoms with E-state index in [9.17, 15) is 0 Å². The fraction of sp³-hybridized carbons (Fsp3) is 0. The lowest BCUT2D eigenvalue weighted by Gasteiger charge is -2.05. The summed E-state index contributed by atoms with van der Waals surface area (Å²) in [5.74, 6) is 0. The largest absolute Gasteiger partial charge is 0.397 e. The van der Waals surface area contributed by atoms with E-state index in [4.69, 9.17) is 5.73 Å². The molecular formula is C12H8BrN3. The second-order valence-electron chi connectivity index (χ2n) is 3.56. The summed E-state index contributed by atoms with van der Waals surface area (Å²) in [5, 5.41) is 2.00. The number of fused-ring (bicyclic) bond motifs is 3. The first kappa shape index (κ1) is 9.54. The van der Waals surface area contributed by atoms with Crippen LogP contribution in [0, 0.1) is 0 Å². The maximum absolute atomic E-state index is 5.99. The summed E-state index contributed by atoms with van der Waals surface area (Å²) < 4.78 is 0.815. The van der Waals surface area contributed by atoms with Crippen LogP contribution in [-0.2, 0) is 0 Å². The quantitative estimate of drug-likeness (QED) is 0.641. The van der Waals surface area contributed by atoms with E-state index < -0.39 is 0 Å². The van der Waals surface area contributed by atoms with Gasteiger partial charge in [0, 0.05) is 23.2 Å². The Morgan fingerprint density at radius 3 is 2.81 bits per heavy atom. The minimum atomic E-state index is 0.706. The topological polar surface area (TPSA) is 51.8 Å². The van der Waals surface area contributed by atoms with Crippen LogP contribution >= 0.6 is 15.9 Å². The summed E-state index contributed by atoms with van der Waals surface area (Å²) in [6.07, 6.45) is 3.48. The highest BCUT2D eigenvalue weighted by molar-refractivity contribution is 9.10. The molecule has 4 heteroatoms. The van der Waals surface area contributed by atoms with Crippen molar-refractivity contribution in [2.45, 2.75) is 0 Å². The number of aromatic nitrogens is 2. The fourth-order valence-electron chi connectivity index (χ4n) is 1.80. The minimum absolute atomic E-state index is 0.706.